The van der Waals surface area contributed by atoms with Crippen molar-refractivity contribution in [2.45, 2.75) is 13.0 Å². The lowest BCUT2D eigenvalue weighted by Gasteiger charge is -2.14. The number of hydrogen-bond acceptors (Lipinski definition) is 8. The van der Waals surface area contributed by atoms with Gasteiger partial charge in [0, 0.05) is 6.07 Å². The van der Waals surface area contributed by atoms with Crippen molar-refractivity contribution in [2.75, 3.05) is 14.2 Å². The Morgan fingerprint density at radius 1 is 1.17 bits per heavy atom. The first-order valence-corrected chi connectivity index (χ1v) is 8.46. The smallest absolute Gasteiger partial charge is 0.346 e. The maximum absolute atomic E-state index is 12.6. The summed E-state index contributed by atoms with van der Waals surface area (Å²) in [5.41, 5.74) is -0.765. The lowest BCUT2D eigenvalue weighted by molar-refractivity contribution is -0.385. The van der Waals surface area contributed by atoms with Gasteiger partial charge in [-0.1, -0.05) is 12.1 Å². The van der Waals surface area contributed by atoms with Crippen molar-refractivity contribution in [2.24, 2.45) is 0 Å². The van der Waals surface area contributed by atoms with Crippen LogP contribution in [0.2, 0.25) is 0 Å². The number of nitro benzene ring substituents is 1. The van der Waals surface area contributed by atoms with Crippen LogP contribution >= 0.6 is 0 Å². The van der Waals surface area contributed by atoms with Crippen LogP contribution in [0.1, 0.15) is 29.2 Å². The Bertz CT molecular complexity index is 1160. The maximum atomic E-state index is 12.6. The number of aromatic nitrogens is 2. The van der Waals surface area contributed by atoms with Gasteiger partial charge in [-0.2, -0.15) is 0 Å². The van der Waals surface area contributed by atoms with Crippen molar-refractivity contribution in [3.8, 4) is 11.5 Å². The zero-order valence-corrected chi connectivity index (χ0v) is 15.8. The van der Waals surface area contributed by atoms with Crippen LogP contribution in [0, 0.1) is 10.1 Å². The Morgan fingerprint density at radius 3 is 2.48 bits per heavy atom. The number of H-pyrrole nitrogens is 1. The summed E-state index contributed by atoms with van der Waals surface area (Å²) in [5.74, 6) is -0.620. The molecule has 0 bridgehead atoms. The van der Waals surface area contributed by atoms with Crippen LogP contribution in [0.25, 0.3) is 10.9 Å². The van der Waals surface area contributed by atoms with E-state index < -0.39 is 22.7 Å². The molecule has 10 nitrogen and oxygen atoms in total. The number of rotatable bonds is 6. The minimum absolute atomic E-state index is 0.101. The largest absolute Gasteiger partial charge is 0.493 e. The molecule has 1 heterocycles. The quantitative estimate of drug-likeness (QED) is 0.380. The summed E-state index contributed by atoms with van der Waals surface area (Å²) in [4.78, 5) is 42.3. The standard InChI is InChI=1S/C19H17N3O7/c1-10(17-20-13-7-5-4-6-11(13)18(23)21-17)29-19(24)12-8-15(27-2)16(28-3)9-14(12)22(25)26/h4-10H,1-3H3,(H,20,21,23)/t10-/m1/s1. The van der Waals surface area contributed by atoms with Gasteiger partial charge in [0.15, 0.2) is 23.4 Å². The fourth-order valence-corrected chi connectivity index (χ4v) is 2.76. The summed E-state index contributed by atoms with van der Waals surface area (Å²) >= 11 is 0. The molecule has 0 unspecified atom stereocenters. The predicted molar refractivity (Wildman–Crippen MR) is 102 cm³/mol. The molecule has 1 aromatic heterocycles. The van der Waals surface area contributed by atoms with E-state index in [9.17, 15) is 19.7 Å². The summed E-state index contributed by atoms with van der Waals surface area (Å²) in [7, 11) is 2.66. The minimum Gasteiger partial charge on any atom is -0.493 e. The van der Waals surface area contributed by atoms with Crippen LogP contribution < -0.4 is 15.0 Å². The van der Waals surface area contributed by atoms with Crippen LogP contribution in [0.3, 0.4) is 0 Å². The van der Waals surface area contributed by atoms with Gasteiger partial charge in [-0.25, -0.2) is 9.78 Å². The van der Waals surface area contributed by atoms with Crippen LogP contribution in [-0.4, -0.2) is 35.1 Å². The molecule has 1 atom stereocenters. The van der Waals surface area contributed by atoms with Gasteiger partial charge in [-0.05, 0) is 19.1 Å². The maximum Gasteiger partial charge on any atom is 0.346 e. The molecule has 0 spiro atoms. The molecule has 2 aromatic carbocycles. The summed E-state index contributed by atoms with van der Waals surface area (Å²) in [6.07, 6.45) is -0.965. The van der Waals surface area contributed by atoms with Crippen LogP contribution in [-0.2, 0) is 4.74 Å². The second-order valence-corrected chi connectivity index (χ2v) is 6.00. The van der Waals surface area contributed by atoms with Gasteiger partial charge >= 0.3 is 5.97 Å². The van der Waals surface area contributed by atoms with Crippen molar-refractivity contribution in [1.29, 1.82) is 0 Å². The second-order valence-electron chi connectivity index (χ2n) is 6.00. The van der Waals surface area contributed by atoms with E-state index in [0.717, 1.165) is 6.07 Å². The van der Waals surface area contributed by atoms with Gasteiger partial charge in [-0.15, -0.1) is 0 Å². The number of nitrogens with one attached hydrogen (secondary N) is 1. The molecule has 0 fully saturated rings. The highest BCUT2D eigenvalue weighted by molar-refractivity contribution is 5.95. The minimum atomic E-state index is -0.971. The van der Waals surface area contributed by atoms with Crippen LogP contribution in [0.15, 0.2) is 41.2 Å². The number of methoxy groups -OCH3 is 2. The van der Waals surface area contributed by atoms with Crippen LogP contribution in [0.5, 0.6) is 11.5 Å². The van der Waals surface area contributed by atoms with Crippen molar-refractivity contribution in [3.05, 3.63) is 68.3 Å². The Hall–Kier alpha value is -3.95. The number of fused-ring (bicyclic) bond motifs is 1. The zero-order chi connectivity index (χ0) is 21.1. The first kappa shape index (κ1) is 19.8. The summed E-state index contributed by atoms with van der Waals surface area (Å²) in [6, 6.07) is 8.95. The third-order valence-corrected chi connectivity index (χ3v) is 4.22. The topological polar surface area (TPSA) is 134 Å². The SMILES string of the molecule is COc1cc(C(=O)O[C@H](C)c2nc3ccccc3c(=O)[nH]2)c([N+](=O)[O-])cc1OC. The van der Waals surface area contributed by atoms with E-state index in [0.29, 0.717) is 10.9 Å². The molecule has 0 radical (unpaired) electrons. The average molecular weight is 399 g/mol. The number of esters is 1. The fraction of sp³-hybridized carbons (Fsp3) is 0.211. The Morgan fingerprint density at radius 2 is 1.83 bits per heavy atom. The third-order valence-electron chi connectivity index (χ3n) is 4.22. The number of carbonyl (C=O) groups excluding carboxylic acids is 1. The number of nitro groups is 1. The number of aromatic amines is 1. The first-order valence-electron chi connectivity index (χ1n) is 8.46. The Balaban J connectivity index is 1.96. The third kappa shape index (κ3) is 3.86. The van der Waals surface area contributed by atoms with E-state index in [-0.39, 0.29) is 28.4 Å². The number of benzene rings is 2. The van der Waals surface area contributed by atoms with Crippen molar-refractivity contribution >= 4 is 22.6 Å². The van der Waals surface area contributed by atoms with E-state index in [1.54, 1.807) is 24.3 Å². The van der Waals surface area contributed by atoms with E-state index in [1.807, 2.05) is 0 Å². The molecule has 0 saturated carbocycles. The first-order chi connectivity index (χ1) is 13.8. The monoisotopic (exact) mass is 399 g/mol. The fourth-order valence-electron chi connectivity index (χ4n) is 2.76. The molecule has 1 N–H and O–H groups in total. The molecule has 0 aliphatic heterocycles. The highest BCUT2D eigenvalue weighted by Crippen LogP contribution is 2.35. The molecule has 0 aliphatic carbocycles. The van der Waals surface area contributed by atoms with Gasteiger partial charge in [-0.3, -0.25) is 14.9 Å². The summed E-state index contributed by atoms with van der Waals surface area (Å²) in [5, 5.41) is 11.8. The van der Waals surface area contributed by atoms with Crippen molar-refractivity contribution in [1.82, 2.24) is 9.97 Å². The molecule has 150 valence electrons. The zero-order valence-electron chi connectivity index (χ0n) is 15.8. The molecule has 0 amide bonds. The highest BCUT2D eigenvalue weighted by Gasteiger charge is 2.27. The Kier molecular flexibility index (Phi) is 5.44. The van der Waals surface area contributed by atoms with Gasteiger partial charge in [0.1, 0.15) is 5.56 Å². The molecule has 3 rings (SSSR count). The summed E-state index contributed by atoms with van der Waals surface area (Å²) in [6.45, 7) is 1.50. The number of nitrogens with zero attached hydrogens (tertiary/aromatic N) is 2. The van der Waals surface area contributed by atoms with E-state index in [4.69, 9.17) is 14.2 Å². The number of hydrogen-bond donors (Lipinski definition) is 1. The van der Waals surface area contributed by atoms with E-state index in [2.05, 4.69) is 9.97 Å². The highest BCUT2D eigenvalue weighted by atomic mass is 16.6. The predicted octanol–water partition coefficient (Wildman–Crippen LogP) is 2.77. The average Bonchev–Trinajstić information content (AvgIpc) is 2.72. The molecule has 0 aliphatic rings. The van der Waals surface area contributed by atoms with Gasteiger partial charge in [0.25, 0.3) is 11.2 Å². The Labute approximate surface area is 164 Å². The van der Waals surface area contributed by atoms with Crippen LogP contribution in [0.4, 0.5) is 5.69 Å². The van der Waals surface area contributed by atoms with E-state index in [1.165, 1.54) is 27.2 Å². The number of para-hydroxylation sites is 1. The van der Waals surface area contributed by atoms with Crippen molar-refractivity contribution in [3.63, 3.8) is 0 Å². The lowest BCUT2D eigenvalue weighted by atomic mass is 10.1. The van der Waals surface area contributed by atoms with Gasteiger partial charge < -0.3 is 19.2 Å². The lowest BCUT2D eigenvalue weighted by Crippen LogP contribution is -2.18. The molecule has 29 heavy (non-hydrogen) atoms. The summed E-state index contributed by atoms with van der Waals surface area (Å²) < 4.78 is 15.5. The van der Waals surface area contributed by atoms with Gasteiger partial charge in [0.2, 0.25) is 0 Å². The number of ether oxygens (including phenoxy) is 3. The van der Waals surface area contributed by atoms with E-state index >= 15 is 0 Å². The molecule has 0 saturated heterocycles. The van der Waals surface area contributed by atoms with Gasteiger partial charge in [0.05, 0.1) is 36.1 Å². The molecular weight excluding hydrogens is 382 g/mol. The number of carbonyl (C=O) groups is 1. The molecular formula is C19H17N3O7. The molecule has 10 heteroatoms. The normalized spacial score (nSPS) is 11.7. The second kappa shape index (κ2) is 7.97. The van der Waals surface area contributed by atoms with Crippen molar-refractivity contribution < 1.29 is 23.9 Å². The molecule has 3 aromatic rings.